The largest absolute Gasteiger partial charge is 0.480 e. The van der Waals surface area contributed by atoms with Crippen LogP contribution < -0.4 is 0 Å². The van der Waals surface area contributed by atoms with E-state index in [9.17, 15) is 4.79 Å². The van der Waals surface area contributed by atoms with E-state index in [2.05, 4.69) is 0 Å². The van der Waals surface area contributed by atoms with E-state index >= 15 is 0 Å². The zero-order valence-electron chi connectivity index (χ0n) is 10.5. The molecule has 0 aliphatic carbocycles. The van der Waals surface area contributed by atoms with Gasteiger partial charge >= 0.3 is 5.97 Å². The van der Waals surface area contributed by atoms with Crippen LogP contribution in [0.3, 0.4) is 0 Å². The summed E-state index contributed by atoms with van der Waals surface area (Å²) in [6.07, 6.45) is 0. The smallest absolute Gasteiger partial charge is 0.320 e. The van der Waals surface area contributed by atoms with Gasteiger partial charge in [0.15, 0.2) is 0 Å². The maximum atomic E-state index is 11.0. The van der Waals surface area contributed by atoms with Crippen LogP contribution in [0.5, 0.6) is 0 Å². The Labute approximate surface area is 102 Å². The molecule has 1 rings (SSSR count). The minimum absolute atomic E-state index is 0.0488. The first kappa shape index (κ1) is 13.7. The normalized spacial score (nSPS) is 14.6. The number of benzene rings is 1. The predicted octanol–water partition coefficient (Wildman–Crippen LogP) is 1.78. The van der Waals surface area contributed by atoms with Crippen molar-refractivity contribution >= 4 is 5.97 Å². The highest BCUT2D eigenvalue weighted by atomic mass is 16.5. The van der Waals surface area contributed by atoms with Crippen molar-refractivity contribution in [1.29, 1.82) is 0 Å². The summed E-state index contributed by atoms with van der Waals surface area (Å²) in [7, 11) is 3.42. The summed E-state index contributed by atoms with van der Waals surface area (Å²) in [6.45, 7) is 2.14. The maximum absolute atomic E-state index is 11.0. The molecule has 0 fully saturated rings. The van der Waals surface area contributed by atoms with Crippen LogP contribution in [0.4, 0.5) is 0 Å². The molecule has 0 aromatic heterocycles. The van der Waals surface area contributed by atoms with Gasteiger partial charge in [0.05, 0.1) is 12.6 Å². The number of hydrogen-bond donors (Lipinski definition) is 1. The van der Waals surface area contributed by atoms with E-state index in [-0.39, 0.29) is 6.04 Å². The molecule has 0 bridgehead atoms. The fourth-order valence-electron chi connectivity index (χ4n) is 1.73. The van der Waals surface area contributed by atoms with Crippen LogP contribution in [-0.2, 0) is 9.53 Å². The van der Waals surface area contributed by atoms with Crippen molar-refractivity contribution in [3.8, 4) is 0 Å². The molecule has 17 heavy (non-hydrogen) atoms. The van der Waals surface area contributed by atoms with Gasteiger partial charge in [0.25, 0.3) is 0 Å². The molecule has 4 nitrogen and oxygen atoms in total. The molecule has 0 aliphatic heterocycles. The van der Waals surface area contributed by atoms with Crippen molar-refractivity contribution in [1.82, 2.24) is 4.90 Å². The molecule has 0 spiro atoms. The third kappa shape index (κ3) is 3.54. The first-order valence-electron chi connectivity index (χ1n) is 5.56. The van der Waals surface area contributed by atoms with Gasteiger partial charge in [-0.1, -0.05) is 30.3 Å². The Morgan fingerprint density at radius 3 is 2.47 bits per heavy atom. The quantitative estimate of drug-likeness (QED) is 0.819. The number of methoxy groups -OCH3 is 1. The van der Waals surface area contributed by atoms with Crippen molar-refractivity contribution in [3.63, 3.8) is 0 Å². The fourth-order valence-corrected chi connectivity index (χ4v) is 1.73. The zero-order chi connectivity index (χ0) is 12.8. The highest BCUT2D eigenvalue weighted by Gasteiger charge is 2.25. The summed E-state index contributed by atoms with van der Waals surface area (Å²) in [6, 6.07) is 9.19. The lowest BCUT2D eigenvalue weighted by atomic mass is 10.1. The van der Waals surface area contributed by atoms with Gasteiger partial charge in [0, 0.05) is 7.11 Å². The molecule has 1 aromatic rings. The van der Waals surface area contributed by atoms with Crippen LogP contribution in [0.1, 0.15) is 18.5 Å². The average Bonchev–Trinajstić information content (AvgIpc) is 2.35. The second-order valence-electron chi connectivity index (χ2n) is 4.06. The van der Waals surface area contributed by atoms with Crippen LogP contribution in [0.15, 0.2) is 30.3 Å². The number of nitrogens with zero attached hydrogens (tertiary/aromatic N) is 1. The minimum Gasteiger partial charge on any atom is -0.480 e. The Hall–Kier alpha value is -1.39. The molecule has 1 N–H and O–H groups in total. The Morgan fingerprint density at radius 2 is 2.00 bits per heavy atom. The lowest BCUT2D eigenvalue weighted by molar-refractivity contribution is -0.143. The van der Waals surface area contributed by atoms with E-state index in [4.69, 9.17) is 9.84 Å². The Morgan fingerprint density at radius 1 is 1.41 bits per heavy atom. The highest BCUT2D eigenvalue weighted by molar-refractivity contribution is 5.72. The van der Waals surface area contributed by atoms with Crippen molar-refractivity contribution in [3.05, 3.63) is 35.9 Å². The van der Waals surface area contributed by atoms with Crippen molar-refractivity contribution in [2.75, 3.05) is 20.8 Å². The molecule has 0 radical (unpaired) electrons. The van der Waals surface area contributed by atoms with E-state index in [0.29, 0.717) is 6.61 Å². The van der Waals surface area contributed by atoms with Crippen molar-refractivity contribution in [2.24, 2.45) is 0 Å². The maximum Gasteiger partial charge on any atom is 0.320 e. The van der Waals surface area contributed by atoms with Gasteiger partial charge in [-0.15, -0.1) is 0 Å². The average molecular weight is 237 g/mol. The van der Waals surface area contributed by atoms with Crippen LogP contribution in [-0.4, -0.2) is 42.8 Å². The zero-order valence-corrected chi connectivity index (χ0v) is 10.5. The number of hydrogen-bond acceptors (Lipinski definition) is 3. The van der Waals surface area contributed by atoms with Gasteiger partial charge in [0.1, 0.15) is 6.04 Å². The molecule has 94 valence electrons. The first-order chi connectivity index (χ1) is 8.07. The number of likely N-dealkylation sites (N-methyl/N-ethyl adjacent to an activating group) is 1. The van der Waals surface area contributed by atoms with E-state index in [1.165, 1.54) is 0 Å². The van der Waals surface area contributed by atoms with Crippen LogP contribution >= 0.6 is 0 Å². The summed E-state index contributed by atoms with van der Waals surface area (Å²) < 4.78 is 5.17. The minimum atomic E-state index is -0.829. The standard InChI is InChI=1S/C13H19NO3/c1-10(13(15)16)14(2)12(9-17-3)11-7-5-4-6-8-11/h4-8,10,12H,9H2,1-3H3,(H,15,16). The van der Waals surface area contributed by atoms with E-state index < -0.39 is 12.0 Å². The van der Waals surface area contributed by atoms with Crippen molar-refractivity contribution in [2.45, 2.75) is 19.0 Å². The number of aliphatic carboxylic acids is 1. The van der Waals surface area contributed by atoms with Crippen LogP contribution in [0, 0.1) is 0 Å². The van der Waals surface area contributed by atoms with E-state index in [1.807, 2.05) is 30.3 Å². The second kappa shape index (κ2) is 6.37. The van der Waals surface area contributed by atoms with Crippen molar-refractivity contribution < 1.29 is 14.6 Å². The topological polar surface area (TPSA) is 49.8 Å². The van der Waals surface area contributed by atoms with Crippen LogP contribution in [0.2, 0.25) is 0 Å². The molecule has 0 aliphatic rings. The molecular formula is C13H19NO3. The number of ether oxygens (including phenoxy) is 1. The molecule has 2 unspecified atom stereocenters. The summed E-state index contributed by atoms with van der Waals surface area (Å²) in [5, 5.41) is 9.03. The lowest BCUT2D eigenvalue weighted by Gasteiger charge is -2.30. The van der Waals surface area contributed by atoms with Gasteiger partial charge in [0.2, 0.25) is 0 Å². The van der Waals surface area contributed by atoms with Crippen LogP contribution in [0.25, 0.3) is 0 Å². The fraction of sp³-hybridized carbons (Fsp3) is 0.462. The number of carboxylic acid groups (broad SMARTS) is 1. The van der Waals surface area contributed by atoms with Gasteiger partial charge < -0.3 is 9.84 Å². The third-order valence-corrected chi connectivity index (χ3v) is 2.97. The Balaban J connectivity index is 2.89. The van der Waals surface area contributed by atoms with Gasteiger partial charge in [-0.05, 0) is 19.5 Å². The first-order valence-corrected chi connectivity index (χ1v) is 5.56. The summed E-state index contributed by atoms with van der Waals surface area (Å²) in [5.41, 5.74) is 1.06. The Bertz CT molecular complexity index is 353. The molecule has 0 heterocycles. The number of carboxylic acids is 1. The molecular weight excluding hydrogens is 218 g/mol. The van der Waals surface area contributed by atoms with Gasteiger partial charge in [-0.2, -0.15) is 0 Å². The number of rotatable bonds is 6. The molecule has 2 atom stereocenters. The third-order valence-electron chi connectivity index (χ3n) is 2.97. The predicted molar refractivity (Wildman–Crippen MR) is 65.9 cm³/mol. The highest BCUT2D eigenvalue weighted by Crippen LogP contribution is 2.21. The van der Waals surface area contributed by atoms with E-state index in [1.54, 1.807) is 26.0 Å². The monoisotopic (exact) mass is 237 g/mol. The SMILES string of the molecule is COCC(c1ccccc1)N(C)C(C)C(=O)O. The second-order valence-corrected chi connectivity index (χ2v) is 4.06. The molecule has 0 amide bonds. The van der Waals surface area contributed by atoms with Gasteiger partial charge in [-0.25, -0.2) is 0 Å². The lowest BCUT2D eigenvalue weighted by Crippen LogP contribution is -2.40. The molecule has 0 saturated heterocycles. The summed E-state index contributed by atoms with van der Waals surface area (Å²) in [4.78, 5) is 12.8. The summed E-state index contributed by atoms with van der Waals surface area (Å²) >= 11 is 0. The molecule has 4 heteroatoms. The Kier molecular flexibility index (Phi) is 5.12. The molecule has 0 saturated carbocycles. The van der Waals surface area contributed by atoms with Gasteiger partial charge in [-0.3, -0.25) is 9.69 Å². The van der Waals surface area contributed by atoms with E-state index in [0.717, 1.165) is 5.56 Å². The number of carbonyl (C=O) groups is 1. The summed E-state index contributed by atoms with van der Waals surface area (Å²) in [5.74, 6) is -0.829. The molecule has 1 aromatic carbocycles.